The number of hydrogen-bond donors (Lipinski definition) is 1. The Balaban J connectivity index is 1.60. The summed E-state index contributed by atoms with van der Waals surface area (Å²) in [5, 5.41) is 23.0. The average molecular weight is 427 g/mol. The number of carbonyl (C=O) groups is 1. The van der Waals surface area contributed by atoms with Gasteiger partial charge in [-0.1, -0.05) is 42.5 Å². The molecule has 0 aliphatic carbocycles. The summed E-state index contributed by atoms with van der Waals surface area (Å²) in [5.41, 5.74) is 2.47. The lowest BCUT2D eigenvalue weighted by Gasteiger charge is -2.13. The van der Waals surface area contributed by atoms with Gasteiger partial charge in [-0.15, -0.1) is 0 Å². The normalized spacial score (nSPS) is 11.8. The summed E-state index contributed by atoms with van der Waals surface area (Å²) in [6.07, 6.45) is 1.52. The lowest BCUT2D eigenvalue weighted by atomic mass is 10.1. The number of non-ortho nitro benzene ring substituents is 1. The molecule has 0 bridgehead atoms. The molecule has 0 unspecified atom stereocenters. The van der Waals surface area contributed by atoms with Crippen molar-refractivity contribution in [3.05, 3.63) is 111 Å². The van der Waals surface area contributed by atoms with Crippen LogP contribution in [0, 0.1) is 21.4 Å². The molecule has 0 radical (unpaired) electrons. The van der Waals surface area contributed by atoms with E-state index < -0.39 is 10.8 Å². The number of carbonyl (C=O) groups excluding carboxylic acids is 1. The maximum atomic E-state index is 12.5. The molecular weight excluding hydrogens is 406 g/mol. The maximum absolute atomic E-state index is 12.5. The van der Waals surface area contributed by atoms with Crippen LogP contribution in [-0.2, 0) is 11.4 Å². The van der Waals surface area contributed by atoms with Crippen molar-refractivity contribution in [1.29, 1.82) is 5.26 Å². The summed E-state index contributed by atoms with van der Waals surface area (Å²) in [7, 11) is 0. The van der Waals surface area contributed by atoms with Gasteiger partial charge in [0, 0.05) is 12.1 Å². The Kier molecular flexibility index (Phi) is 7.33. The second kappa shape index (κ2) is 10.5. The van der Waals surface area contributed by atoms with Crippen LogP contribution >= 0.6 is 0 Å². The van der Waals surface area contributed by atoms with Gasteiger partial charge in [0.1, 0.15) is 24.0 Å². The van der Waals surface area contributed by atoms with Crippen LogP contribution in [0.4, 0.5) is 5.69 Å². The first-order valence-corrected chi connectivity index (χ1v) is 9.90. The van der Waals surface area contributed by atoms with Crippen LogP contribution in [0.5, 0.6) is 5.75 Å². The Morgan fingerprint density at radius 3 is 2.34 bits per heavy atom. The van der Waals surface area contributed by atoms with Gasteiger partial charge in [-0.25, -0.2) is 0 Å². The van der Waals surface area contributed by atoms with E-state index in [0.29, 0.717) is 11.3 Å². The molecule has 0 saturated carbocycles. The fourth-order valence-electron chi connectivity index (χ4n) is 2.96. The first kappa shape index (κ1) is 22.2. The second-order valence-corrected chi connectivity index (χ2v) is 7.06. The van der Waals surface area contributed by atoms with Gasteiger partial charge in [0.05, 0.1) is 11.0 Å². The minimum atomic E-state index is -0.449. The van der Waals surface area contributed by atoms with Gasteiger partial charge in [0.15, 0.2) is 0 Å². The monoisotopic (exact) mass is 427 g/mol. The van der Waals surface area contributed by atoms with Crippen LogP contribution in [0.15, 0.2) is 84.4 Å². The zero-order chi connectivity index (χ0) is 22.9. The fraction of sp³-hybridized carbons (Fsp3) is 0.120. The largest absolute Gasteiger partial charge is 0.489 e. The van der Waals surface area contributed by atoms with Crippen molar-refractivity contribution >= 4 is 17.7 Å². The van der Waals surface area contributed by atoms with Gasteiger partial charge in [-0.05, 0) is 54.0 Å². The lowest BCUT2D eigenvalue weighted by molar-refractivity contribution is -0.384. The minimum absolute atomic E-state index is 0.00679. The number of nitro groups is 1. The molecule has 0 spiro atoms. The molecule has 1 amide bonds. The third-order valence-corrected chi connectivity index (χ3v) is 4.76. The number of nitrogens with zero attached hydrogens (tertiary/aromatic N) is 2. The number of benzene rings is 3. The predicted molar refractivity (Wildman–Crippen MR) is 120 cm³/mol. The first-order chi connectivity index (χ1) is 15.5. The minimum Gasteiger partial charge on any atom is -0.489 e. The Labute approximate surface area is 185 Å². The van der Waals surface area contributed by atoms with Gasteiger partial charge in [-0.2, -0.15) is 5.26 Å². The molecule has 0 heterocycles. The molecule has 1 atom stereocenters. The van der Waals surface area contributed by atoms with E-state index in [9.17, 15) is 20.2 Å². The first-order valence-electron chi connectivity index (χ1n) is 9.90. The molecule has 160 valence electrons. The van der Waals surface area contributed by atoms with Crippen molar-refractivity contribution in [1.82, 2.24) is 5.32 Å². The molecule has 3 rings (SSSR count). The van der Waals surface area contributed by atoms with E-state index in [4.69, 9.17) is 4.74 Å². The summed E-state index contributed by atoms with van der Waals surface area (Å²) in [6.45, 7) is 2.12. The topological polar surface area (TPSA) is 105 Å². The quantitative estimate of drug-likeness (QED) is 0.237. The van der Waals surface area contributed by atoms with Crippen molar-refractivity contribution in [3.63, 3.8) is 0 Å². The van der Waals surface area contributed by atoms with E-state index in [-0.39, 0.29) is 23.9 Å². The molecule has 0 fully saturated rings. The fourth-order valence-corrected chi connectivity index (χ4v) is 2.96. The maximum Gasteiger partial charge on any atom is 0.269 e. The summed E-state index contributed by atoms with van der Waals surface area (Å²) < 4.78 is 5.69. The van der Waals surface area contributed by atoms with Gasteiger partial charge >= 0.3 is 0 Å². The number of amides is 1. The van der Waals surface area contributed by atoms with Crippen molar-refractivity contribution in [2.45, 2.75) is 19.6 Å². The van der Waals surface area contributed by atoms with Crippen LogP contribution in [0.2, 0.25) is 0 Å². The number of hydrogen-bond acceptors (Lipinski definition) is 5. The van der Waals surface area contributed by atoms with Crippen molar-refractivity contribution < 1.29 is 14.5 Å². The Bertz CT molecular complexity index is 1150. The van der Waals surface area contributed by atoms with Crippen molar-refractivity contribution in [3.8, 4) is 11.8 Å². The molecule has 0 aliphatic heterocycles. The second-order valence-electron chi connectivity index (χ2n) is 7.06. The molecule has 0 aromatic heterocycles. The zero-order valence-corrected chi connectivity index (χ0v) is 17.4. The number of nitriles is 1. The highest BCUT2D eigenvalue weighted by molar-refractivity contribution is 6.01. The highest BCUT2D eigenvalue weighted by Crippen LogP contribution is 2.18. The lowest BCUT2D eigenvalue weighted by Crippen LogP contribution is -2.27. The standard InChI is InChI=1S/C25H21N3O4/c1-18(21-5-3-2-4-6-21)27-25(29)22(16-26)15-19-9-13-24(14-10-19)32-17-20-7-11-23(12-8-20)28(30)31/h2-15,18H,17H2,1H3,(H,27,29)/b22-15+/t18-/m1/s1. The SMILES string of the molecule is C[C@@H](NC(=O)/C(C#N)=C/c1ccc(OCc2ccc([N+](=O)[O-])cc2)cc1)c1ccccc1. The van der Waals surface area contributed by atoms with Gasteiger partial charge < -0.3 is 10.1 Å². The van der Waals surface area contributed by atoms with Gasteiger partial charge in [-0.3, -0.25) is 14.9 Å². The molecular formula is C25H21N3O4. The smallest absolute Gasteiger partial charge is 0.269 e. The molecule has 1 N–H and O–H groups in total. The van der Waals surface area contributed by atoms with E-state index in [1.807, 2.05) is 43.3 Å². The van der Waals surface area contributed by atoms with Crippen LogP contribution in [0.1, 0.15) is 29.7 Å². The van der Waals surface area contributed by atoms with E-state index in [0.717, 1.165) is 11.1 Å². The molecule has 7 nitrogen and oxygen atoms in total. The van der Waals surface area contributed by atoms with Crippen LogP contribution in [0.3, 0.4) is 0 Å². The number of nitrogens with one attached hydrogen (secondary N) is 1. The highest BCUT2D eigenvalue weighted by atomic mass is 16.6. The number of ether oxygens (including phenoxy) is 1. The Morgan fingerprint density at radius 2 is 1.75 bits per heavy atom. The van der Waals surface area contributed by atoms with Gasteiger partial charge in [0.2, 0.25) is 0 Å². The summed E-state index contributed by atoms with van der Waals surface area (Å²) >= 11 is 0. The van der Waals surface area contributed by atoms with E-state index >= 15 is 0 Å². The summed E-state index contributed by atoms with van der Waals surface area (Å²) in [4.78, 5) is 22.7. The van der Waals surface area contributed by atoms with Crippen molar-refractivity contribution in [2.24, 2.45) is 0 Å². The van der Waals surface area contributed by atoms with Gasteiger partial charge in [0.25, 0.3) is 11.6 Å². The average Bonchev–Trinajstić information content (AvgIpc) is 2.82. The third-order valence-electron chi connectivity index (χ3n) is 4.76. The van der Waals surface area contributed by atoms with Crippen LogP contribution in [-0.4, -0.2) is 10.8 Å². The molecule has 0 aliphatic rings. The molecule has 32 heavy (non-hydrogen) atoms. The Morgan fingerprint density at radius 1 is 1.09 bits per heavy atom. The molecule has 3 aromatic rings. The summed E-state index contributed by atoms with van der Waals surface area (Å²) in [6, 6.07) is 24.3. The third kappa shape index (κ3) is 6.03. The zero-order valence-electron chi connectivity index (χ0n) is 17.4. The number of rotatable bonds is 8. The van der Waals surface area contributed by atoms with E-state index in [1.54, 1.807) is 36.4 Å². The number of nitro benzene ring substituents is 1. The van der Waals surface area contributed by atoms with Crippen LogP contribution < -0.4 is 10.1 Å². The highest BCUT2D eigenvalue weighted by Gasteiger charge is 2.13. The van der Waals surface area contributed by atoms with E-state index in [1.165, 1.54) is 18.2 Å². The van der Waals surface area contributed by atoms with Crippen LogP contribution in [0.25, 0.3) is 6.08 Å². The Hall–Kier alpha value is -4.44. The van der Waals surface area contributed by atoms with Crippen molar-refractivity contribution in [2.75, 3.05) is 0 Å². The van der Waals surface area contributed by atoms with E-state index in [2.05, 4.69) is 5.32 Å². The molecule has 0 saturated heterocycles. The summed E-state index contributed by atoms with van der Waals surface area (Å²) in [5.74, 6) is 0.156. The molecule has 3 aromatic carbocycles. The molecule has 7 heteroatoms. The predicted octanol–water partition coefficient (Wildman–Crippen LogP) is 4.96.